The molecule has 1 fully saturated rings. The van der Waals surface area contributed by atoms with Crippen molar-refractivity contribution in [2.45, 2.75) is 71.4 Å². The molecular formula is C37H45N3OS. The standard InChI is InChI=1S/C37H45N3OS/c1-28-19-23-40(24-20-28)36(41)34-27-42-35(38-34)26-39(25-29-15-17-32(18-16-29)37(2,3)4)22-21-33(30-11-7-5-8-12-30)31-13-9-6-10-14-31/h5-18,27-28,33H,19-26H2,1-4H3. The van der Waals surface area contributed by atoms with Crippen molar-refractivity contribution < 1.29 is 4.79 Å². The summed E-state index contributed by atoms with van der Waals surface area (Å²) in [5, 5.41) is 2.97. The smallest absolute Gasteiger partial charge is 0.273 e. The largest absolute Gasteiger partial charge is 0.337 e. The number of aromatic nitrogens is 1. The molecular weight excluding hydrogens is 534 g/mol. The second-order valence-electron chi connectivity index (χ2n) is 12.9. The molecule has 1 saturated heterocycles. The van der Waals surface area contributed by atoms with Gasteiger partial charge in [-0.15, -0.1) is 11.3 Å². The van der Waals surface area contributed by atoms with E-state index in [-0.39, 0.29) is 11.3 Å². The van der Waals surface area contributed by atoms with Gasteiger partial charge < -0.3 is 4.90 Å². The van der Waals surface area contributed by atoms with Crippen LogP contribution in [0.1, 0.15) is 90.6 Å². The summed E-state index contributed by atoms with van der Waals surface area (Å²) >= 11 is 1.61. The summed E-state index contributed by atoms with van der Waals surface area (Å²) in [6.07, 6.45) is 3.15. The Labute approximate surface area is 256 Å². The third-order valence-corrected chi connectivity index (χ3v) is 9.40. The van der Waals surface area contributed by atoms with Gasteiger partial charge in [0, 0.05) is 30.9 Å². The van der Waals surface area contributed by atoms with Gasteiger partial charge in [0.1, 0.15) is 10.7 Å². The van der Waals surface area contributed by atoms with Crippen LogP contribution < -0.4 is 0 Å². The molecule has 5 rings (SSSR count). The van der Waals surface area contributed by atoms with Gasteiger partial charge in [0.15, 0.2) is 0 Å². The summed E-state index contributed by atoms with van der Waals surface area (Å²) in [4.78, 5) is 22.5. The van der Waals surface area contributed by atoms with Gasteiger partial charge in [0.25, 0.3) is 5.91 Å². The molecule has 0 aliphatic carbocycles. The molecule has 0 bridgehead atoms. The molecule has 0 atom stereocenters. The van der Waals surface area contributed by atoms with Gasteiger partial charge in [0.05, 0.1) is 6.54 Å². The predicted octanol–water partition coefficient (Wildman–Crippen LogP) is 8.54. The zero-order chi connectivity index (χ0) is 29.5. The molecule has 0 saturated carbocycles. The summed E-state index contributed by atoms with van der Waals surface area (Å²) in [6.45, 7) is 13.2. The lowest BCUT2D eigenvalue weighted by Crippen LogP contribution is -2.38. The molecule has 5 heteroatoms. The topological polar surface area (TPSA) is 36.4 Å². The normalized spacial score (nSPS) is 14.6. The van der Waals surface area contributed by atoms with Crippen LogP contribution in [0.5, 0.6) is 0 Å². The average molecular weight is 580 g/mol. The summed E-state index contributed by atoms with van der Waals surface area (Å²) in [5.74, 6) is 1.09. The maximum Gasteiger partial charge on any atom is 0.273 e. The third kappa shape index (κ3) is 7.96. The fourth-order valence-electron chi connectivity index (χ4n) is 5.84. The van der Waals surface area contributed by atoms with Gasteiger partial charge in [-0.25, -0.2) is 4.98 Å². The van der Waals surface area contributed by atoms with Crippen molar-refractivity contribution in [1.29, 1.82) is 0 Å². The highest BCUT2D eigenvalue weighted by Crippen LogP contribution is 2.29. The molecule has 1 amide bonds. The maximum atomic E-state index is 13.2. The second kappa shape index (κ2) is 13.8. The molecule has 1 aromatic heterocycles. The van der Waals surface area contributed by atoms with E-state index in [0.717, 1.165) is 57.0 Å². The Hall–Kier alpha value is -3.28. The number of benzene rings is 3. The van der Waals surface area contributed by atoms with E-state index in [1.165, 1.54) is 22.3 Å². The quantitative estimate of drug-likeness (QED) is 0.189. The molecule has 1 aliphatic rings. The average Bonchev–Trinajstić information content (AvgIpc) is 3.46. The number of amides is 1. The number of carbonyl (C=O) groups excluding carboxylic acids is 1. The Morgan fingerprint density at radius 1 is 0.905 bits per heavy atom. The van der Waals surface area contributed by atoms with Crippen LogP contribution in [-0.4, -0.2) is 40.3 Å². The van der Waals surface area contributed by atoms with Crippen molar-refractivity contribution in [2.24, 2.45) is 5.92 Å². The zero-order valence-electron chi connectivity index (χ0n) is 25.6. The first-order valence-corrected chi connectivity index (χ1v) is 16.3. The van der Waals surface area contributed by atoms with E-state index in [4.69, 9.17) is 4.98 Å². The van der Waals surface area contributed by atoms with E-state index in [1.807, 2.05) is 10.3 Å². The maximum absolute atomic E-state index is 13.2. The highest BCUT2D eigenvalue weighted by Gasteiger charge is 2.24. The molecule has 0 spiro atoms. The molecule has 4 aromatic rings. The van der Waals surface area contributed by atoms with Crippen LogP contribution in [0.15, 0.2) is 90.3 Å². The number of carbonyl (C=O) groups is 1. The van der Waals surface area contributed by atoms with Gasteiger partial charge in [-0.1, -0.05) is 113 Å². The van der Waals surface area contributed by atoms with Crippen LogP contribution in [0.2, 0.25) is 0 Å². The van der Waals surface area contributed by atoms with Gasteiger partial charge in [-0.3, -0.25) is 9.69 Å². The van der Waals surface area contributed by atoms with Crippen LogP contribution in [-0.2, 0) is 18.5 Å². The minimum Gasteiger partial charge on any atom is -0.337 e. The van der Waals surface area contributed by atoms with Crippen molar-refractivity contribution >= 4 is 17.2 Å². The minimum absolute atomic E-state index is 0.0851. The van der Waals surface area contributed by atoms with Crippen molar-refractivity contribution in [1.82, 2.24) is 14.8 Å². The minimum atomic E-state index is 0.0851. The van der Waals surface area contributed by atoms with Crippen LogP contribution in [0.25, 0.3) is 0 Å². The lowest BCUT2D eigenvalue weighted by molar-refractivity contribution is 0.0691. The highest BCUT2D eigenvalue weighted by atomic mass is 32.1. The van der Waals surface area contributed by atoms with E-state index < -0.39 is 0 Å². The number of rotatable bonds is 10. The summed E-state index contributed by atoms with van der Waals surface area (Å²) < 4.78 is 0. The Bertz CT molecular complexity index is 1360. The molecule has 220 valence electrons. The lowest BCUT2D eigenvalue weighted by atomic mass is 9.86. The number of thiazole rings is 1. The van der Waals surface area contributed by atoms with E-state index in [2.05, 4.69) is 118 Å². The van der Waals surface area contributed by atoms with Crippen LogP contribution in [0.4, 0.5) is 0 Å². The van der Waals surface area contributed by atoms with Gasteiger partial charge in [0.2, 0.25) is 0 Å². The number of likely N-dealkylation sites (tertiary alicyclic amines) is 1. The molecule has 0 N–H and O–H groups in total. The van der Waals surface area contributed by atoms with E-state index in [0.29, 0.717) is 17.5 Å². The molecule has 3 aromatic carbocycles. The fourth-order valence-corrected chi connectivity index (χ4v) is 6.65. The van der Waals surface area contributed by atoms with Gasteiger partial charge in [-0.2, -0.15) is 0 Å². The lowest BCUT2D eigenvalue weighted by Gasteiger charge is -2.29. The van der Waals surface area contributed by atoms with Crippen molar-refractivity contribution in [2.75, 3.05) is 19.6 Å². The SMILES string of the molecule is CC1CCN(C(=O)c2csc(CN(CCC(c3ccccc3)c3ccccc3)Cc3ccc(C(C)(C)C)cc3)n2)CC1. The Balaban J connectivity index is 1.34. The first-order chi connectivity index (χ1) is 20.3. The highest BCUT2D eigenvalue weighted by molar-refractivity contribution is 7.09. The molecule has 2 heterocycles. The third-order valence-electron chi connectivity index (χ3n) is 8.56. The van der Waals surface area contributed by atoms with Crippen LogP contribution in [0, 0.1) is 5.92 Å². The fraction of sp³-hybridized carbons (Fsp3) is 0.405. The zero-order valence-corrected chi connectivity index (χ0v) is 26.4. The molecule has 0 radical (unpaired) electrons. The first-order valence-electron chi connectivity index (χ1n) is 15.4. The van der Waals surface area contributed by atoms with Crippen LogP contribution >= 0.6 is 11.3 Å². The van der Waals surface area contributed by atoms with Gasteiger partial charge in [-0.05, 0) is 59.4 Å². The Kier molecular flexibility index (Phi) is 9.91. The number of hydrogen-bond donors (Lipinski definition) is 0. The van der Waals surface area contributed by atoms with Crippen molar-refractivity contribution in [3.05, 3.63) is 123 Å². The van der Waals surface area contributed by atoms with E-state index >= 15 is 0 Å². The summed E-state index contributed by atoms with van der Waals surface area (Å²) in [6, 6.07) is 30.8. The number of hydrogen-bond acceptors (Lipinski definition) is 4. The molecule has 42 heavy (non-hydrogen) atoms. The van der Waals surface area contributed by atoms with Crippen molar-refractivity contribution in [3.8, 4) is 0 Å². The monoisotopic (exact) mass is 579 g/mol. The Morgan fingerprint density at radius 2 is 1.50 bits per heavy atom. The Morgan fingerprint density at radius 3 is 2.07 bits per heavy atom. The van der Waals surface area contributed by atoms with Crippen molar-refractivity contribution in [3.63, 3.8) is 0 Å². The van der Waals surface area contributed by atoms with Crippen LogP contribution in [0.3, 0.4) is 0 Å². The summed E-state index contributed by atoms with van der Waals surface area (Å²) in [5.41, 5.74) is 6.07. The molecule has 4 nitrogen and oxygen atoms in total. The molecule has 1 aliphatic heterocycles. The van der Waals surface area contributed by atoms with E-state index in [9.17, 15) is 4.79 Å². The van der Waals surface area contributed by atoms with E-state index in [1.54, 1.807) is 11.3 Å². The molecule has 0 unspecified atom stereocenters. The van der Waals surface area contributed by atoms with Gasteiger partial charge >= 0.3 is 0 Å². The second-order valence-corrected chi connectivity index (χ2v) is 13.9. The number of piperidine rings is 1. The first kappa shape index (κ1) is 30.2. The predicted molar refractivity (Wildman–Crippen MR) is 175 cm³/mol. The summed E-state index contributed by atoms with van der Waals surface area (Å²) in [7, 11) is 0. The number of nitrogens with zero attached hydrogens (tertiary/aromatic N) is 3.